The first-order valence-electron chi connectivity index (χ1n) is 24.6. The average Bonchev–Trinajstić information content (AvgIpc) is 3.66. The largest absolute Gasteiger partial charge is 0.374 e. The fourth-order valence-corrected chi connectivity index (χ4v) is 14.5. The molecule has 2 nitrogen and oxygen atoms in total. The maximum atomic E-state index is 15.2. The van der Waals surface area contributed by atoms with Gasteiger partial charge in [-0.3, -0.25) is 0 Å². The molecule has 0 unspecified atom stereocenters. The van der Waals surface area contributed by atoms with Crippen LogP contribution in [0.3, 0.4) is 0 Å². The molecule has 0 saturated carbocycles. The van der Waals surface area contributed by atoms with E-state index in [-0.39, 0.29) is 11.6 Å². The second-order valence-electron chi connectivity index (χ2n) is 19.3. The highest BCUT2D eigenvalue weighted by Gasteiger charge is 2.32. The van der Waals surface area contributed by atoms with Crippen LogP contribution < -0.4 is 4.90 Å². The number of benzene rings is 5. The summed E-state index contributed by atoms with van der Waals surface area (Å²) in [6.45, 7) is 23.0. The van der Waals surface area contributed by atoms with Gasteiger partial charge in [0.2, 0.25) is 0 Å². The number of halogens is 2. The van der Waals surface area contributed by atoms with Crippen molar-refractivity contribution in [2.45, 2.75) is 98.0 Å². The molecule has 1 aliphatic heterocycles. The molecule has 5 heteroatoms. The zero-order valence-corrected chi connectivity index (χ0v) is 42.8. The number of fused-ring (bicyclic) bond motifs is 4. The Bertz CT molecular complexity index is 2910. The van der Waals surface area contributed by atoms with Gasteiger partial charge in [0.1, 0.15) is 11.6 Å². The first-order chi connectivity index (χ1) is 32.7. The second kappa shape index (κ2) is 22.5. The summed E-state index contributed by atoms with van der Waals surface area (Å²) in [7, 11) is 0.988. The van der Waals surface area contributed by atoms with Gasteiger partial charge in [-0.1, -0.05) is 149 Å². The number of hydrogen-bond acceptors (Lipinski definition) is 1. The lowest BCUT2D eigenvalue weighted by Crippen LogP contribution is -2.29. The van der Waals surface area contributed by atoms with E-state index in [2.05, 4.69) is 187 Å². The molecule has 1 aromatic heterocycles. The van der Waals surface area contributed by atoms with E-state index in [1.54, 1.807) is 24.3 Å². The van der Waals surface area contributed by atoms with E-state index >= 15 is 4.39 Å². The van der Waals surface area contributed by atoms with Crippen LogP contribution in [0.1, 0.15) is 100 Å². The Labute approximate surface area is 408 Å². The number of aromatic nitrogens is 1. The molecule has 0 amide bonds. The van der Waals surface area contributed by atoms with Crippen molar-refractivity contribution in [3.8, 4) is 16.8 Å². The standard InChI is InChI=1S/C50H57F2NS.C13H15N/c1-9-36(6)18-19-37(7)28-41-31-43(51)22-20-39(41)24-26-54(34(2)3,35(4)5)27-25-40-21-23-44(52)33-48(40)42-29-38(8)30-45(32-42)53-49-16-12-10-14-46(49)47-15-11-13-17-50(47)53;1-11-7-5-6-10-14(2)13-9-4-3-8-12(11)13/h9-12,14-16,18-23,28-35H,13,17,24-27H2,1-8H3;3-5,7-9H,1,6,10H2,2H3/b19-18-,36-9-,37-28?;7-5-. The number of allylic oxidation sites excluding steroid dienone is 8. The molecular formula is C63H72F2N2S. The van der Waals surface area contributed by atoms with E-state index in [4.69, 9.17) is 0 Å². The lowest BCUT2D eigenvalue weighted by Gasteiger charge is -2.48. The maximum Gasteiger partial charge on any atom is 0.123 e. The van der Waals surface area contributed by atoms with Crippen LogP contribution in [0.4, 0.5) is 14.5 Å². The minimum atomic E-state index is -1.14. The van der Waals surface area contributed by atoms with Gasteiger partial charge in [-0.25, -0.2) is 18.8 Å². The zero-order valence-electron chi connectivity index (χ0n) is 42.0. The highest BCUT2D eigenvalue weighted by Crippen LogP contribution is 2.57. The quantitative estimate of drug-likeness (QED) is 0.105. The molecule has 0 fully saturated rings. The van der Waals surface area contributed by atoms with Crippen LogP contribution in [-0.2, 0) is 19.3 Å². The summed E-state index contributed by atoms with van der Waals surface area (Å²) in [5, 5.41) is 2.28. The van der Waals surface area contributed by atoms with Gasteiger partial charge in [0.05, 0.1) is 5.52 Å². The van der Waals surface area contributed by atoms with Crippen molar-refractivity contribution in [3.63, 3.8) is 0 Å². The molecule has 0 bridgehead atoms. The summed E-state index contributed by atoms with van der Waals surface area (Å²) < 4.78 is 32.2. The number of aryl methyl sites for hydroxylation is 3. The molecule has 2 aliphatic rings. The van der Waals surface area contributed by atoms with Crippen molar-refractivity contribution in [3.05, 3.63) is 208 Å². The van der Waals surface area contributed by atoms with Gasteiger partial charge < -0.3 is 9.47 Å². The van der Waals surface area contributed by atoms with Crippen LogP contribution in [0.25, 0.3) is 45.4 Å². The Morgan fingerprint density at radius 2 is 1.40 bits per heavy atom. The van der Waals surface area contributed by atoms with Gasteiger partial charge in [0, 0.05) is 47.2 Å². The van der Waals surface area contributed by atoms with E-state index in [1.165, 1.54) is 50.1 Å². The van der Waals surface area contributed by atoms with Crippen molar-refractivity contribution in [2.24, 2.45) is 0 Å². The zero-order chi connectivity index (χ0) is 48.5. The fourth-order valence-electron chi connectivity index (χ4n) is 10.1. The van der Waals surface area contributed by atoms with Crippen molar-refractivity contribution >= 4 is 44.3 Å². The Morgan fingerprint density at radius 3 is 2.15 bits per heavy atom. The molecule has 0 atom stereocenters. The van der Waals surface area contributed by atoms with Crippen molar-refractivity contribution in [1.29, 1.82) is 0 Å². The van der Waals surface area contributed by atoms with E-state index in [0.717, 1.165) is 89.2 Å². The van der Waals surface area contributed by atoms with E-state index < -0.39 is 10.0 Å². The predicted molar refractivity (Wildman–Crippen MR) is 297 cm³/mol. The van der Waals surface area contributed by atoms with Crippen molar-refractivity contribution in [1.82, 2.24) is 4.57 Å². The molecule has 68 heavy (non-hydrogen) atoms. The van der Waals surface area contributed by atoms with Crippen molar-refractivity contribution in [2.75, 3.05) is 30.0 Å². The molecule has 354 valence electrons. The van der Waals surface area contributed by atoms with Crippen LogP contribution in [0.2, 0.25) is 0 Å². The highest BCUT2D eigenvalue weighted by atomic mass is 32.3. The van der Waals surface area contributed by atoms with E-state index in [0.29, 0.717) is 10.5 Å². The highest BCUT2D eigenvalue weighted by molar-refractivity contribution is 8.34. The van der Waals surface area contributed by atoms with Crippen LogP contribution in [-0.4, -0.2) is 40.2 Å². The van der Waals surface area contributed by atoms with Gasteiger partial charge in [0.25, 0.3) is 0 Å². The molecule has 0 radical (unpaired) electrons. The lowest BCUT2D eigenvalue weighted by atomic mass is 9.96. The lowest BCUT2D eigenvalue weighted by molar-refractivity contribution is 0.626. The Kier molecular flexibility index (Phi) is 16.5. The number of rotatable bonds is 13. The van der Waals surface area contributed by atoms with Crippen LogP contribution >= 0.6 is 10.0 Å². The molecular weight excluding hydrogens is 855 g/mol. The third-order valence-electron chi connectivity index (χ3n) is 14.1. The van der Waals surface area contributed by atoms with Crippen LogP contribution in [0.15, 0.2) is 157 Å². The Morgan fingerprint density at radius 1 is 0.735 bits per heavy atom. The Hall–Kier alpha value is -5.91. The molecule has 0 N–H and O–H groups in total. The number of hydrogen-bond donors (Lipinski definition) is 0. The molecule has 8 rings (SSSR count). The number of para-hydroxylation sites is 2. The molecule has 2 heterocycles. The summed E-state index contributed by atoms with van der Waals surface area (Å²) in [5.41, 5.74) is 17.4. The van der Waals surface area contributed by atoms with Gasteiger partial charge in [-0.2, -0.15) is 0 Å². The molecule has 6 aromatic rings. The maximum absolute atomic E-state index is 15.2. The topological polar surface area (TPSA) is 8.17 Å². The van der Waals surface area contributed by atoms with E-state index in [1.807, 2.05) is 19.1 Å². The summed E-state index contributed by atoms with van der Waals surface area (Å²) in [4.78, 5) is 2.28. The summed E-state index contributed by atoms with van der Waals surface area (Å²) in [5.74, 6) is 1.70. The van der Waals surface area contributed by atoms with E-state index in [9.17, 15) is 4.39 Å². The molecule has 0 spiro atoms. The third kappa shape index (κ3) is 11.5. The molecule has 1 aliphatic carbocycles. The van der Waals surface area contributed by atoms with Gasteiger partial charge in [-0.15, -0.1) is 0 Å². The molecule has 5 aromatic carbocycles. The smallest absolute Gasteiger partial charge is 0.123 e. The van der Waals surface area contributed by atoms with Gasteiger partial charge >= 0.3 is 0 Å². The van der Waals surface area contributed by atoms with Crippen LogP contribution in [0, 0.1) is 18.6 Å². The number of nitrogens with zero attached hydrogens (tertiary/aromatic N) is 2. The SMILES string of the molecule is C/C=C(C)\C=C/C(C)=Cc1cc(F)ccc1CCS(CCc1ccc(F)cc1-c1cc(C)cc(-n2c3c(c4ccccc42)C=CCC3)c1)(C(C)C)C(C)C.C=C1/C=C\CCN(C)c2ccccc21. The monoisotopic (exact) mass is 927 g/mol. The average molecular weight is 927 g/mol. The van der Waals surface area contributed by atoms with Crippen molar-refractivity contribution < 1.29 is 8.78 Å². The first-order valence-corrected chi connectivity index (χ1v) is 26.7. The third-order valence-corrected chi connectivity index (χ3v) is 19.8. The second-order valence-corrected chi connectivity index (χ2v) is 24.0. The summed E-state index contributed by atoms with van der Waals surface area (Å²) in [6, 6.07) is 34.5. The molecule has 0 saturated heterocycles. The van der Waals surface area contributed by atoms with Gasteiger partial charge in [0.15, 0.2) is 0 Å². The summed E-state index contributed by atoms with van der Waals surface area (Å²) in [6.07, 6.45) is 22.1. The minimum absolute atomic E-state index is 0.206. The number of anilines is 1. The Balaban J connectivity index is 0.000000416. The first kappa shape index (κ1) is 50.0. The fraction of sp³-hybridized carbons (Fsp3) is 0.302. The predicted octanol–water partition coefficient (Wildman–Crippen LogP) is 17.3. The summed E-state index contributed by atoms with van der Waals surface area (Å²) >= 11 is 0. The normalized spacial score (nSPS) is 15.1. The minimum Gasteiger partial charge on any atom is -0.374 e. The van der Waals surface area contributed by atoms with Gasteiger partial charge in [-0.05, 0) is 169 Å². The van der Waals surface area contributed by atoms with Crippen LogP contribution in [0.5, 0.6) is 0 Å².